The van der Waals surface area contributed by atoms with E-state index >= 15 is 0 Å². The number of benzene rings is 3. The van der Waals surface area contributed by atoms with Crippen molar-refractivity contribution >= 4 is 43.6 Å². The van der Waals surface area contributed by atoms with Crippen molar-refractivity contribution in [1.29, 1.82) is 0 Å². The van der Waals surface area contributed by atoms with E-state index in [9.17, 15) is 8.78 Å². The largest absolute Gasteiger partial charge is 0.354 e. The standard InChI is InChI=1S/C22H18F2N2/c1-3-11(2)20-21-16(14-8-12(23)4-6-18(14)25-21)10-17-15-9-13(24)5-7-19(15)26-22(17)20/h4-11,25-26H,3H2,1-2H3. The summed E-state index contributed by atoms with van der Waals surface area (Å²) < 4.78 is 27.7. The number of hydrogen-bond donors (Lipinski definition) is 2. The van der Waals surface area contributed by atoms with Crippen LogP contribution in [0.25, 0.3) is 43.6 Å². The normalized spacial score (nSPS) is 13.4. The highest BCUT2D eigenvalue weighted by atomic mass is 19.1. The Morgan fingerprint density at radius 2 is 1.27 bits per heavy atom. The molecule has 2 aromatic heterocycles. The molecule has 0 aliphatic rings. The fraction of sp³-hybridized carbons (Fsp3) is 0.182. The molecule has 0 fully saturated rings. The van der Waals surface area contributed by atoms with E-state index in [4.69, 9.17) is 0 Å². The highest BCUT2D eigenvalue weighted by Crippen LogP contribution is 2.40. The van der Waals surface area contributed by atoms with Gasteiger partial charge < -0.3 is 9.97 Å². The monoisotopic (exact) mass is 348 g/mol. The minimum Gasteiger partial charge on any atom is -0.354 e. The summed E-state index contributed by atoms with van der Waals surface area (Å²) in [6.07, 6.45) is 0.974. The summed E-state index contributed by atoms with van der Waals surface area (Å²) in [6, 6.07) is 11.7. The number of H-pyrrole nitrogens is 2. The zero-order valence-electron chi connectivity index (χ0n) is 14.6. The molecule has 3 aromatic carbocycles. The molecule has 5 aromatic rings. The van der Waals surface area contributed by atoms with Crippen molar-refractivity contribution in [2.45, 2.75) is 26.2 Å². The second kappa shape index (κ2) is 5.31. The number of halogens is 2. The van der Waals surface area contributed by atoms with Crippen LogP contribution in [-0.4, -0.2) is 9.97 Å². The Hall–Kier alpha value is -2.88. The molecule has 5 rings (SSSR count). The number of nitrogens with one attached hydrogen (secondary N) is 2. The van der Waals surface area contributed by atoms with Crippen LogP contribution in [0.15, 0.2) is 42.5 Å². The quantitative estimate of drug-likeness (QED) is 0.354. The fourth-order valence-corrected chi connectivity index (χ4v) is 4.06. The summed E-state index contributed by atoms with van der Waals surface area (Å²) in [5.74, 6) is -0.209. The maximum Gasteiger partial charge on any atom is 0.123 e. The van der Waals surface area contributed by atoms with Gasteiger partial charge in [0.2, 0.25) is 0 Å². The Labute approximate surface area is 148 Å². The van der Waals surface area contributed by atoms with Gasteiger partial charge in [0.15, 0.2) is 0 Å². The van der Waals surface area contributed by atoms with Crippen molar-refractivity contribution in [1.82, 2.24) is 9.97 Å². The molecule has 0 amide bonds. The number of aromatic amines is 2. The minimum absolute atomic E-state index is 0.256. The van der Waals surface area contributed by atoms with E-state index in [-0.39, 0.29) is 11.6 Å². The smallest absolute Gasteiger partial charge is 0.123 e. The van der Waals surface area contributed by atoms with E-state index in [2.05, 4.69) is 23.8 Å². The van der Waals surface area contributed by atoms with Gasteiger partial charge in [-0.05, 0) is 54.8 Å². The van der Waals surface area contributed by atoms with Gasteiger partial charge in [0, 0.05) is 38.1 Å². The second-order valence-corrected chi connectivity index (χ2v) is 7.07. The van der Waals surface area contributed by atoms with Crippen molar-refractivity contribution in [2.75, 3.05) is 0 Å². The summed E-state index contributed by atoms with van der Waals surface area (Å²) in [5.41, 5.74) is 5.05. The van der Waals surface area contributed by atoms with E-state index in [0.29, 0.717) is 5.92 Å². The maximum absolute atomic E-state index is 13.9. The van der Waals surface area contributed by atoms with Gasteiger partial charge in [-0.2, -0.15) is 0 Å². The van der Waals surface area contributed by atoms with Crippen LogP contribution < -0.4 is 0 Å². The molecule has 2 N–H and O–H groups in total. The molecule has 0 radical (unpaired) electrons. The van der Waals surface area contributed by atoms with Gasteiger partial charge in [-0.1, -0.05) is 13.8 Å². The van der Waals surface area contributed by atoms with Crippen molar-refractivity contribution in [2.24, 2.45) is 0 Å². The van der Waals surface area contributed by atoms with Crippen LogP contribution in [0.5, 0.6) is 0 Å². The summed E-state index contributed by atoms with van der Waals surface area (Å²) in [5, 5.41) is 3.68. The SMILES string of the molecule is CCC(C)c1c2[nH]c3ccc(F)cc3c2cc2c1[nH]c1ccc(F)cc12. The Balaban J connectivity index is 2.05. The molecule has 0 spiro atoms. The molecule has 2 heterocycles. The predicted molar refractivity (Wildman–Crippen MR) is 104 cm³/mol. The van der Waals surface area contributed by atoms with Gasteiger partial charge in [-0.25, -0.2) is 8.78 Å². The van der Waals surface area contributed by atoms with Crippen molar-refractivity contribution in [3.05, 3.63) is 59.7 Å². The molecular formula is C22H18F2N2. The average Bonchev–Trinajstić information content (AvgIpc) is 3.17. The lowest BCUT2D eigenvalue weighted by Crippen LogP contribution is -1.95. The van der Waals surface area contributed by atoms with Gasteiger partial charge in [0.25, 0.3) is 0 Å². The van der Waals surface area contributed by atoms with Crippen molar-refractivity contribution in [3.8, 4) is 0 Å². The second-order valence-electron chi connectivity index (χ2n) is 7.07. The Morgan fingerprint density at radius 1 is 0.769 bits per heavy atom. The van der Waals surface area contributed by atoms with Gasteiger partial charge >= 0.3 is 0 Å². The molecule has 0 saturated heterocycles. The lowest BCUT2D eigenvalue weighted by Gasteiger charge is -2.12. The highest BCUT2D eigenvalue weighted by molar-refractivity contribution is 6.19. The van der Waals surface area contributed by atoms with Gasteiger partial charge in [-0.3, -0.25) is 0 Å². The van der Waals surface area contributed by atoms with E-state index in [0.717, 1.165) is 50.0 Å². The molecule has 1 atom stereocenters. The predicted octanol–water partition coefficient (Wildman–Crippen LogP) is 6.75. The maximum atomic E-state index is 13.9. The average molecular weight is 348 g/mol. The topological polar surface area (TPSA) is 31.6 Å². The van der Waals surface area contributed by atoms with Gasteiger partial charge in [0.05, 0.1) is 11.0 Å². The molecule has 0 aliphatic heterocycles. The molecule has 4 heteroatoms. The van der Waals surface area contributed by atoms with Crippen LogP contribution in [0.3, 0.4) is 0 Å². The zero-order chi connectivity index (χ0) is 18.0. The Kier molecular flexibility index (Phi) is 3.14. The first-order chi connectivity index (χ1) is 12.6. The molecular weight excluding hydrogens is 330 g/mol. The molecule has 0 bridgehead atoms. The van der Waals surface area contributed by atoms with E-state index in [1.54, 1.807) is 24.3 Å². The lowest BCUT2D eigenvalue weighted by molar-refractivity contribution is 0.629. The molecule has 2 nitrogen and oxygen atoms in total. The van der Waals surface area contributed by atoms with Crippen LogP contribution in [0.1, 0.15) is 31.7 Å². The first-order valence-corrected chi connectivity index (χ1v) is 8.91. The van der Waals surface area contributed by atoms with Crippen molar-refractivity contribution in [3.63, 3.8) is 0 Å². The van der Waals surface area contributed by atoms with Crippen LogP contribution in [0, 0.1) is 11.6 Å². The molecule has 1 unspecified atom stereocenters. The summed E-state index contributed by atoms with van der Waals surface area (Å²) in [4.78, 5) is 6.95. The third kappa shape index (κ3) is 2.02. The molecule has 0 aliphatic carbocycles. The third-order valence-corrected chi connectivity index (χ3v) is 5.53. The number of fused-ring (bicyclic) bond motifs is 6. The van der Waals surface area contributed by atoms with Crippen LogP contribution in [-0.2, 0) is 0 Å². The molecule has 26 heavy (non-hydrogen) atoms. The van der Waals surface area contributed by atoms with Gasteiger partial charge in [0.1, 0.15) is 11.6 Å². The summed E-state index contributed by atoms with van der Waals surface area (Å²) in [6.45, 7) is 4.34. The number of rotatable bonds is 2. The first-order valence-electron chi connectivity index (χ1n) is 8.91. The van der Waals surface area contributed by atoms with Gasteiger partial charge in [-0.15, -0.1) is 0 Å². The summed E-state index contributed by atoms with van der Waals surface area (Å²) >= 11 is 0. The number of hydrogen-bond acceptors (Lipinski definition) is 0. The number of aromatic nitrogens is 2. The molecule has 130 valence electrons. The molecule has 0 saturated carbocycles. The first kappa shape index (κ1) is 15.4. The Morgan fingerprint density at radius 3 is 1.73 bits per heavy atom. The zero-order valence-corrected chi connectivity index (χ0v) is 14.6. The van der Waals surface area contributed by atoms with E-state index < -0.39 is 0 Å². The van der Waals surface area contributed by atoms with E-state index in [1.165, 1.54) is 17.7 Å². The lowest BCUT2D eigenvalue weighted by atomic mass is 9.93. The third-order valence-electron chi connectivity index (χ3n) is 5.53. The minimum atomic E-state index is -0.256. The van der Waals surface area contributed by atoms with Crippen LogP contribution in [0.4, 0.5) is 8.78 Å². The van der Waals surface area contributed by atoms with Crippen LogP contribution in [0.2, 0.25) is 0 Å². The van der Waals surface area contributed by atoms with Crippen LogP contribution >= 0.6 is 0 Å². The van der Waals surface area contributed by atoms with Crippen molar-refractivity contribution < 1.29 is 8.78 Å². The fourth-order valence-electron chi connectivity index (χ4n) is 4.06. The highest BCUT2D eigenvalue weighted by Gasteiger charge is 2.19. The van der Waals surface area contributed by atoms with E-state index in [1.807, 2.05) is 6.07 Å². The Bertz CT molecular complexity index is 1220. The summed E-state index contributed by atoms with van der Waals surface area (Å²) in [7, 11) is 0.